The maximum absolute atomic E-state index is 5.26. The molecule has 0 aliphatic carbocycles. The molecule has 2 heterocycles. The molecule has 0 amide bonds. The average molecular weight is 655 g/mol. The molecule has 0 spiro atoms. The van der Waals surface area contributed by atoms with E-state index in [-0.39, 0.29) is 0 Å². The van der Waals surface area contributed by atoms with Crippen LogP contribution in [0.5, 0.6) is 0 Å². The lowest BCUT2D eigenvalue weighted by Gasteiger charge is -2.13. The summed E-state index contributed by atoms with van der Waals surface area (Å²) >= 11 is 0. The lowest BCUT2D eigenvalue weighted by molar-refractivity contribution is 1.03. The Morgan fingerprint density at radius 1 is 0.529 bits per heavy atom. The standard InChI is InChI=1S/C47H34N4/c1-2-41(34-20-8-4-9-21-34)49-47(48-32-33-18-6-3-7-19-33)51-43-30-15-13-25-40(43)45-37(26-17-31-44(45)51)39-28-16-27-38-36-24-12-14-29-42(36)50(46(38)39)35-22-10-5-11-23-35/h2-31H,1,32H2/b48-47?,49-41+. The lowest BCUT2D eigenvalue weighted by Crippen LogP contribution is -2.13. The highest BCUT2D eigenvalue weighted by Crippen LogP contribution is 2.42. The van der Waals surface area contributed by atoms with Gasteiger partial charge in [0.1, 0.15) is 0 Å². The van der Waals surface area contributed by atoms with Gasteiger partial charge in [0, 0.05) is 38.4 Å². The van der Waals surface area contributed by atoms with Crippen molar-refractivity contribution in [3.05, 3.63) is 200 Å². The first-order valence-corrected chi connectivity index (χ1v) is 17.3. The molecule has 0 fully saturated rings. The summed E-state index contributed by atoms with van der Waals surface area (Å²) in [4.78, 5) is 10.5. The van der Waals surface area contributed by atoms with Crippen molar-refractivity contribution in [3.8, 4) is 16.8 Å². The average Bonchev–Trinajstić information content (AvgIpc) is 3.73. The van der Waals surface area contributed by atoms with Crippen LogP contribution in [0.2, 0.25) is 0 Å². The molecule has 0 radical (unpaired) electrons. The minimum atomic E-state index is 0.489. The molecule has 9 aromatic rings. The van der Waals surface area contributed by atoms with E-state index in [0.29, 0.717) is 12.5 Å². The largest absolute Gasteiger partial charge is 0.309 e. The number of rotatable bonds is 6. The van der Waals surface area contributed by atoms with Crippen molar-refractivity contribution in [2.45, 2.75) is 6.54 Å². The van der Waals surface area contributed by atoms with E-state index in [1.807, 2.05) is 30.3 Å². The van der Waals surface area contributed by atoms with E-state index in [1.54, 1.807) is 0 Å². The molecule has 9 rings (SSSR count). The minimum absolute atomic E-state index is 0.489. The van der Waals surface area contributed by atoms with Gasteiger partial charge < -0.3 is 4.57 Å². The fourth-order valence-electron chi connectivity index (χ4n) is 7.39. The molecule has 0 aliphatic rings. The number of para-hydroxylation sites is 4. The molecule has 0 atom stereocenters. The predicted molar refractivity (Wildman–Crippen MR) is 215 cm³/mol. The summed E-state index contributed by atoms with van der Waals surface area (Å²) in [6, 6.07) is 61.8. The van der Waals surface area contributed by atoms with E-state index in [1.165, 1.54) is 27.4 Å². The molecule has 0 unspecified atom stereocenters. The highest BCUT2D eigenvalue weighted by Gasteiger charge is 2.22. The Morgan fingerprint density at radius 2 is 1.12 bits per heavy atom. The van der Waals surface area contributed by atoms with Crippen molar-refractivity contribution in [2.24, 2.45) is 9.98 Å². The molecule has 51 heavy (non-hydrogen) atoms. The van der Waals surface area contributed by atoms with E-state index < -0.39 is 0 Å². The second kappa shape index (κ2) is 12.9. The zero-order chi connectivity index (χ0) is 34.1. The number of allylic oxidation sites excluding steroid dienone is 1. The van der Waals surface area contributed by atoms with E-state index >= 15 is 0 Å². The Kier molecular flexibility index (Phi) is 7.67. The van der Waals surface area contributed by atoms with Crippen LogP contribution >= 0.6 is 0 Å². The molecule has 0 N–H and O–H groups in total. The summed E-state index contributed by atoms with van der Waals surface area (Å²) in [5, 5.41) is 4.76. The first kappa shape index (κ1) is 30.3. The van der Waals surface area contributed by atoms with E-state index in [0.717, 1.165) is 49.9 Å². The number of fused-ring (bicyclic) bond motifs is 6. The third kappa shape index (κ3) is 5.25. The van der Waals surface area contributed by atoms with Crippen LogP contribution < -0.4 is 0 Å². The topological polar surface area (TPSA) is 34.6 Å². The first-order valence-electron chi connectivity index (χ1n) is 17.3. The Bertz CT molecular complexity index is 2770. The van der Waals surface area contributed by atoms with E-state index in [9.17, 15) is 0 Å². The number of benzene rings is 7. The van der Waals surface area contributed by atoms with Crippen LogP contribution in [0, 0.1) is 0 Å². The van der Waals surface area contributed by atoms with Crippen molar-refractivity contribution < 1.29 is 0 Å². The molecule has 0 aliphatic heterocycles. The third-order valence-electron chi connectivity index (χ3n) is 9.63. The molecule has 0 bridgehead atoms. The summed E-state index contributed by atoms with van der Waals surface area (Å²) < 4.78 is 4.63. The summed E-state index contributed by atoms with van der Waals surface area (Å²) in [6.45, 7) is 4.64. The number of aliphatic imine (C=N–C) groups is 2. The maximum atomic E-state index is 5.26. The van der Waals surface area contributed by atoms with Gasteiger partial charge in [-0.2, -0.15) is 0 Å². The predicted octanol–water partition coefficient (Wildman–Crippen LogP) is 11.6. The molecule has 4 nitrogen and oxygen atoms in total. The van der Waals surface area contributed by atoms with Crippen molar-refractivity contribution in [3.63, 3.8) is 0 Å². The monoisotopic (exact) mass is 654 g/mol. The highest BCUT2D eigenvalue weighted by atomic mass is 15.2. The highest BCUT2D eigenvalue weighted by molar-refractivity contribution is 6.23. The summed E-state index contributed by atoms with van der Waals surface area (Å²) in [7, 11) is 0. The maximum Gasteiger partial charge on any atom is 0.230 e. The molecule has 0 saturated carbocycles. The molecular formula is C47H34N4. The number of hydrogen-bond acceptors (Lipinski definition) is 1. The Balaban J connectivity index is 1.35. The summed E-state index contributed by atoms with van der Waals surface area (Å²) in [5.41, 5.74) is 10.8. The summed E-state index contributed by atoms with van der Waals surface area (Å²) in [6.07, 6.45) is 1.82. The number of nitrogens with zero attached hydrogens (tertiary/aromatic N) is 4. The van der Waals surface area contributed by atoms with Crippen LogP contribution in [0.4, 0.5) is 0 Å². The van der Waals surface area contributed by atoms with Gasteiger partial charge in [0.05, 0.1) is 34.3 Å². The quantitative estimate of drug-likeness (QED) is 0.126. The van der Waals surface area contributed by atoms with Gasteiger partial charge in [-0.25, -0.2) is 9.98 Å². The van der Waals surface area contributed by atoms with Gasteiger partial charge in [0.15, 0.2) is 0 Å². The Morgan fingerprint density at radius 3 is 1.88 bits per heavy atom. The van der Waals surface area contributed by atoms with Crippen LogP contribution in [-0.4, -0.2) is 20.8 Å². The third-order valence-corrected chi connectivity index (χ3v) is 9.63. The van der Waals surface area contributed by atoms with Crippen molar-refractivity contribution in [1.29, 1.82) is 0 Å². The van der Waals surface area contributed by atoms with Gasteiger partial charge >= 0.3 is 0 Å². The van der Waals surface area contributed by atoms with Crippen LogP contribution in [-0.2, 0) is 6.54 Å². The fourth-order valence-corrected chi connectivity index (χ4v) is 7.39. The fraction of sp³-hybridized carbons (Fsp3) is 0.0213. The van der Waals surface area contributed by atoms with Gasteiger partial charge in [-0.1, -0.05) is 152 Å². The van der Waals surface area contributed by atoms with E-state index in [2.05, 4.69) is 167 Å². The molecule has 0 saturated heterocycles. The second-order valence-corrected chi connectivity index (χ2v) is 12.6. The van der Waals surface area contributed by atoms with Gasteiger partial charge in [-0.3, -0.25) is 4.57 Å². The molecular weight excluding hydrogens is 621 g/mol. The second-order valence-electron chi connectivity index (χ2n) is 12.6. The Labute approximate surface area is 296 Å². The van der Waals surface area contributed by atoms with Crippen molar-refractivity contribution in [2.75, 3.05) is 0 Å². The van der Waals surface area contributed by atoms with E-state index in [4.69, 9.17) is 9.98 Å². The van der Waals surface area contributed by atoms with Gasteiger partial charge in [0.25, 0.3) is 0 Å². The number of hydrogen-bond donors (Lipinski definition) is 0. The van der Waals surface area contributed by atoms with Crippen molar-refractivity contribution >= 4 is 55.3 Å². The molecule has 7 aromatic carbocycles. The van der Waals surface area contributed by atoms with Crippen LogP contribution in [0.1, 0.15) is 11.1 Å². The SMILES string of the molecule is C=C/C(=N\C(=NCc1ccccc1)n1c2ccccc2c2c(-c3cccc4c5ccccc5n(-c5ccccc5)c34)cccc21)c1ccccc1. The van der Waals surface area contributed by atoms with Crippen LogP contribution in [0.25, 0.3) is 60.4 Å². The smallest absolute Gasteiger partial charge is 0.230 e. The van der Waals surface area contributed by atoms with Crippen molar-refractivity contribution in [1.82, 2.24) is 9.13 Å². The zero-order valence-corrected chi connectivity index (χ0v) is 28.0. The molecule has 4 heteroatoms. The minimum Gasteiger partial charge on any atom is -0.309 e. The van der Waals surface area contributed by atoms with Gasteiger partial charge in [0.2, 0.25) is 5.96 Å². The van der Waals surface area contributed by atoms with Crippen LogP contribution in [0.3, 0.4) is 0 Å². The van der Waals surface area contributed by atoms with Gasteiger partial charge in [-0.15, -0.1) is 0 Å². The lowest BCUT2D eigenvalue weighted by atomic mass is 9.97. The zero-order valence-electron chi connectivity index (χ0n) is 28.0. The number of aromatic nitrogens is 2. The van der Waals surface area contributed by atoms with Crippen LogP contribution in [0.15, 0.2) is 199 Å². The molecule has 242 valence electrons. The summed E-state index contributed by atoms with van der Waals surface area (Å²) in [5.74, 6) is 0.609. The first-order chi connectivity index (χ1) is 25.3. The molecule has 2 aromatic heterocycles. The van der Waals surface area contributed by atoms with Gasteiger partial charge in [-0.05, 0) is 47.5 Å². The Hall–Kier alpha value is -6.78. The normalized spacial score (nSPS) is 12.3.